The number of sulfonamides is 1. The number of benzene rings is 3. The van der Waals surface area contributed by atoms with E-state index < -0.39 is 58.9 Å². The van der Waals surface area contributed by atoms with Crippen LogP contribution < -0.4 is 14.9 Å². The predicted molar refractivity (Wildman–Crippen MR) is 249 cm³/mol. The summed E-state index contributed by atoms with van der Waals surface area (Å²) >= 11 is 7.54. The van der Waals surface area contributed by atoms with Gasteiger partial charge in [-0.2, -0.15) is 13.2 Å². The van der Waals surface area contributed by atoms with Crippen molar-refractivity contribution in [2.45, 2.75) is 97.6 Å². The number of anilines is 2. The van der Waals surface area contributed by atoms with Crippen molar-refractivity contribution in [2.75, 3.05) is 68.3 Å². The van der Waals surface area contributed by atoms with Gasteiger partial charge in [-0.1, -0.05) is 61.4 Å². The fraction of sp³-hybridized carbons (Fsp3) is 0.500. The van der Waals surface area contributed by atoms with Crippen LogP contribution in [0.5, 0.6) is 0 Å². The second-order valence-corrected chi connectivity index (χ2v) is 23.0. The average Bonchev–Trinajstić information content (AvgIpc) is 3.24. The van der Waals surface area contributed by atoms with Gasteiger partial charge < -0.3 is 20.2 Å². The minimum atomic E-state index is -6.07. The number of nitrogens with one attached hydrogen (secondary N) is 2. The molecule has 1 atom stereocenters. The lowest BCUT2D eigenvalue weighted by atomic mass is 9.73. The van der Waals surface area contributed by atoms with Gasteiger partial charge in [-0.3, -0.25) is 9.69 Å². The second-order valence-electron chi connectivity index (χ2n) is 17.7. The van der Waals surface area contributed by atoms with E-state index in [1.165, 1.54) is 35.0 Å². The van der Waals surface area contributed by atoms with Crippen molar-refractivity contribution in [1.29, 1.82) is 0 Å². The number of nitrogens with zero attached hydrogens (tertiary/aromatic N) is 3. The Labute approximate surface area is 385 Å². The van der Waals surface area contributed by atoms with Crippen LogP contribution in [0.4, 0.5) is 24.5 Å². The lowest BCUT2D eigenvalue weighted by molar-refractivity contribution is -0.0435. The maximum atomic E-state index is 14.2. The van der Waals surface area contributed by atoms with Gasteiger partial charge in [-0.25, -0.2) is 21.6 Å². The Bertz CT molecular complexity index is 2350. The van der Waals surface area contributed by atoms with Crippen molar-refractivity contribution in [2.24, 2.45) is 5.41 Å². The molecule has 2 heterocycles. The molecule has 1 amide bonds. The number of thioether (sulfide) groups is 1. The number of hydrogen-bond donors (Lipinski definition) is 3. The van der Waals surface area contributed by atoms with Crippen LogP contribution in [0.15, 0.2) is 110 Å². The molecule has 11 nitrogen and oxygen atoms in total. The highest BCUT2D eigenvalue weighted by atomic mass is 35.5. The maximum absolute atomic E-state index is 14.2. The number of piperidine rings is 1. The molecule has 64 heavy (non-hydrogen) atoms. The number of sulfone groups is 1. The van der Waals surface area contributed by atoms with Gasteiger partial charge in [0.25, 0.3) is 25.8 Å². The zero-order valence-electron chi connectivity index (χ0n) is 36.4. The predicted octanol–water partition coefficient (Wildman–Crippen LogP) is 8.68. The SMILES string of the molecule is C=C(Cl)CCC1=C(CN2CCN(c3ccc(C(=O)NS(=O)(=O)c4ccc(N[C@H](CCN5CCC(O)CC5)CSc5ccccc5)c(S(=O)(=O)C(F)(F)F)c4)cc3)CC2)CC(C)(C)CC1. The van der Waals surface area contributed by atoms with Crippen LogP contribution in [-0.4, -0.2) is 113 Å². The first-order valence-electron chi connectivity index (χ1n) is 21.7. The van der Waals surface area contributed by atoms with Gasteiger partial charge in [-0.05, 0) is 111 Å². The van der Waals surface area contributed by atoms with Crippen LogP contribution >= 0.6 is 23.4 Å². The summed E-state index contributed by atoms with van der Waals surface area (Å²) in [4.78, 5) is 18.9. The Balaban J connectivity index is 1.13. The molecule has 3 aliphatic rings. The summed E-state index contributed by atoms with van der Waals surface area (Å²) in [6.45, 7) is 14.4. The number of hydrogen-bond acceptors (Lipinski definition) is 11. The molecule has 6 rings (SSSR count). The summed E-state index contributed by atoms with van der Waals surface area (Å²) in [5, 5.41) is 13.6. The number of halogens is 4. The van der Waals surface area contributed by atoms with E-state index in [1.54, 1.807) is 12.1 Å². The van der Waals surface area contributed by atoms with E-state index >= 15 is 0 Å². The third-order valence-corrected chi connectivity index (χ3v) is 16.5. The number of carbonyl (C=O) groups is 1. The lowest BCUT2D eigenvalue weighted by Crippen LogP contribution is -2.47. The van der Waals surface area contributed by atoms with Crippen molar-refractivity contribution in [3.8, 4) is 0 Å². The van der Waals surface area contributed by atoms with E-state index in [-0.39, 0.29) is 11.0 Å². The van der Waals surface area contributed by atoms with Crippen LogP contribution in [-0.2, 0) is 19.9 Å². The molecule has 0 unspecified atom stereocenters. The van der Waals surface area contributed by atoms with E-state index in [4.69, 9.17) is 11.6 Å². The van der Waals surface area contributed by atoms with E-state index in [2.05, 4.69) is 40.4 Å². The summed E-state index contributed by atoms with van der Waals surface area (Å²) in [6, 6.07) is 17.6. The zero-order valence-corrected chi connectivity index (χ0v) is 39.6. The minimum absolute atomic E-state index is 0.00614. The van der Waals surface area contributed by atoms with Crippen LogP contribution in [0.2, 0.25) is 0 Å². The molecule has 0 bridgehead atoms. The Hall–Kier alpha value is -3.58. The van der Waals surface area contributed by atoms with Crippen molar-refractivity contribution in [3.05, 3.63) is 101 Å². The molecule has 1 aliphatic carbocycles. The van der Waals surface area contributed by atoms with Gasteiger partial charge in [-0.15, -0.1) is 11.8 Å². The normalized spacial score (nSPS) is 18.8. The monoisotopic (exact) mass is 965 g/mol. The standard InChI is InChI=1S/C46H59ClF3N5O6S3/c1-33(47)9-10-34-17-21-45(2,3)30-36(34)31-54-25-27-55(28-26-54)38-13-11-35(12-14-38)44(57)52-64(60,61)41-15-16-42(43(29-41)63(58,59)46(48,49)50)51-37(32-62-40-7-5-4-6-8-40)18-22-53-23-19-39(56)20-24-53/h4-8,11-16,29,37,39,51,56H,1,9-10,17-28,30-32H2,2-3H3,(H,52,57)/t37-/m1/s1. The minimum Gasteiger partial charge on any atom is -0.393 e. The molecule has 3 N–H and O–H groups in total. The number of piperazine rings is 1. The molecule has 0 spiro atoms. The number of likely N-dealkylation sites (tertiary alicyclic amines) is 1. The molecule has 2 fully saturated rings. The highest BCUT2D eigenvalue weighted by Crippen LogP contribution is 2.41. The van der Waals surface area contributed by atoms with Crippen molar-refractivity contribution in [3.63, 3.8) is 0 Å². The van der Waals surface area contributed by atoms with Crippen molar-refractivity contribution in [1.82, 2.24) is 14.5 Å². The van der Waals surface area contributed by atoms with Crippen LogP contribution in [0.25, 0.3) is 0 Å². The third-order valence-electron chi connectivity index (χ3n) is 12.3. The molecule has 3 aromatic carbocycles. The lowest BCUT2D eigenvalue weighted by Gasteiger charge is -2.39. The van der Waals surface area contributed by atoms with Crippen LogP contribution in [0, 0.1) is 5.41 Å². The molecule has 18 heteroatoms. The number of aliphatic hydroxyl groups excluding tert-OH is 1. The fourth-order valence-corrected chi connectivity index (χ4v) is 11.6. The number of alkyl halides is 3. The average molecular weight is 967 g/mol. The number of aliphatic hydroxyl groups is 1. The van der Waals surface area contributed by atoms with E-state index in [9.17, 15) is 39.9 Å². The van der Waals surface area contributed by atoms with Crippen LogP contribution in [0.1, 0.15) is 75.6 Å². The van der Waals surface area contributed by atoms with Crippen molar-refractivity contribution < 1.29 is 39.9 Å². The van der Waals surface area contributed by atoms with E-state index in [0.717, 1.165) is 87.5 Å². The molecule has 2 saturated heterocycles. The van der Waals surface area contributed by atoms with Crippen molar-refractivity contribution >= 4 is 60.5 Å². The molecule has 2 aliphatic heterocycles. The van der Waals surface area contributed by atoms with E-state index in [1.807, 2.05) is 35.1 Å². The van der Waals surface area contributed by atoms with Gasteiger partial charge >= 0.3 is 5.51 Å². The summed E-state index contributed by atoms with van der Waals surface area (Å²) in [5.41, 5.74) is -2.10. The molecule has 0 radical (unpaired) electrons. The number of carbonyl (C=O) groups excluding carboxylic acids is 1. The topological polar surface area (TPSA) is 139 Å². The van der Waals surface area contributed by atoms with Gasteiger partial charge in [0.05, 0.1) is 16.7 Å². The van der Waals surface area contributed by atoms with Gasteiger partial charge in [0, 0.05) is 85.3 Å². The molecular weight excluding hydrogens is 907 g/mol. The zero-order chi connectivity index (χ0) is 46.3. The maximum Gasteiger partial charge on any atom is 0.501 e. The molecule has 0 saturated carbocycles. The van der Waals surface area contributed by atoms with Gasteiger partial charge in [0.2, 0.25) is 0 Å². The Morgan fingerprint density at radius 2 is 1.61 bits per heavy atom. The largest absolute Gasteiger partial charge is 0.501 e. The third kappa shape index (κ3) is 13.5. The highest BCUT2D eigenvalue weighted by molar-refractivity contribution is 7.99. The molecular formula is C46H59ClF3N5O6S3. The summed E-state index contributed by atoms with van der Waals surface area (Å²) in [6.07, 6.45) is 6.18. The second kappa shape index (κ2) is 21.4. The number of amides is 1. The van der Waals surface area contributed by atoms with Crippen LogP contribution in [0.3, 0.4) is 0 Å². The summed E-state index contributed by atoms with van der Waals surface area (Å²) in [7, 11) is -10.9. The Morgan fingerprint density at radius 1 is 0.938 bits per heavy atom. The summed E-state index contributed by atoms with van der Waals surface area (Å²) < 4.78 is 97.7. The van der Waals surface area contributed by atoms with E-state index in [0.29, 0.717) is 55.7 Å². The smallest absolute Gasteiger partial charge is 0.393 e. The highest BCUT2D eigenvalue weighted by Gasteiger charge is 2.48. The van der Waals surface area contributed by atoms with Gasteiger partial charge in [0.1, 0.15) is 4.90 Å². The van der Waals surface area contributed by atoms with Gasteiger partial charge in [0.15, 0.2) is 0 Å². The summed E-state index contributed by atoms with van der Waals surface area (Å²) in [5.74, 6) is -0.679. The number of allylic oxidation sites excluding steroid dienone is 2. The molecule has 350 valence electrons. The quantitative estimate of drug-likeness (QED) is 0.0834. The molecule has 0 aromatic heterocycles. The first kappa shape index (κ1) is 49.8. The molecule has 3 aromatic rings. The Morgan fingerprint density at radius 3 is 2.25 bits per heavy atom. The first-order chi connectivity index (χ1) is 30.2. The Kier molecular flexibility index (Phi) is 16.6. The fourth-order valence-electron chi connectivity index (χ4n) is 8.46. The number of rotatable bonds is 18. The first-order valence-corrected chi connectivity index (χ1v) is 26.0.